The van der Waals surface area contributed by atoms with Gasteiger partial charge in [0, 0.05) is 11.1 Å². The second kappa shape index (κ2) is 4.54. The summed E-state index contributed by atoms with van der Waals surface area (Å²) in [6, 6.07) is 12.2. The zero-order valence-corrected chi connectivity index (χ0v) is 10.3. The molecule has 2 aromatic carbocycles. The Hall–Kier alpha value is -2.53. The van der Waals surface area contributed by atoms with E-state index in [-0.39, 0.29) is 16.2 Å². The predicted octanol–water partition coefficient (Wildman–Crippen LogP) is 2.33. The van der Waals surface area contributed by atoms with E-state index in [9.17, 15) is 19.2 Å². The van der Waals surface area contributed by atoms with Gasteiger partial charge in [-0.25, -0.2) is 4.39 Å². The summed E-state index contributed by atoms with van der Waals surface area (Å²) in [6.07, 6.45) is 0. The number of nitrogens with zero attached hydrogens (tertiary/aromatic N) is 1. The molecule has 0 saturated carbocycles. The molecule has 0 saturated heterocycles. The molecule has 100 valence electrons. The molecule has 0 spiro atoms. The van der Waals surface area contributed by atoms with Gasteiger partial charge in [-0.05, 0) is 17.7 Å². The number of benzene rings is 2. The van der Waals surface area contributed by atoms with E-state index in [4.69, 9.17) is 0 Å². The predicted molar refractivity (Wildman–Crippen MR) is 67.6 cm³/mol. The molecule has 0 radical (unpaired) electrons. The number of imide groups is 1. The number of amides is 2. The Kier molecular flexibility index (Phi) is 2.84. The average molecular weight is 271 g/mol. The number of carbonyl (C=O) groups excluding carboxylic acids is 2. The summed E-state index contributed by atoms with van der Waals surface area (Å²) >= 11 is 0. The van der Waals surface area contributed by atoms with E-state index in [1.807, 2.05) is 0 Å². The van der Waals surface area contributed by atoms with Crippen LogP contribution in [0.25, 0.3) is 0 Å². The van der Waals surface area contributed by atoms with Crippen LogP contribution in [0.3, 0.4) is 0 Å². The van der Waals surface area contributed by atoms with Gasteiger partial charge in [-0.2, -0.15) is 5.06 Å². The first-order valence-corrected chi connectivity index (χ1v) is 6.02. The maximum Gasteiger partial charge on any atom is 0.284 e. The Balaban J connectivity index is 2.25. The smallest absolute Gasteiger partial charge is 0.278 e. The van der Waals surface area contributed by atoms with Crippen LogP contribution in [0, 0.1) is 5.82 Å². The van der Waals surface area contributed by atoms with Gasteiger partial charge in [0.2, 0.25) is 0 Å². The van der Waals surface area contributed by atoms with E-state index in [0.29, 0.717) is 5.56 Å². The summed E-state index contributed by atoms with van der Waals surface area (Å²) in [5.41, 5.74) is 0.734. The van der Waals surface area contributed by atoms with E-state index in [1.165, 1.54) is 24.3 Å². The normalized spacial score (nSPS) is 18.1. The highest BCUT2D eigenvalue weighted by Gasteiger charge is 2.40. The Morgan fingerprint density at radius 2 is 1.55 bits per heavy atom. The molecule has 0 fully saturated rings. The minimum atomic E-state index is -1.02. The third-order valence-corrected chi connectivity index (χ3v) is 3.37. The third kappa shape index (κ3) is 1.71. The maximum atomic E-state index is 13.9. The molecule has 1 aliphatic rings. The summed E-state index contributed by atoms with van der Waals surface area (Å²) in [7, 11) is 0. The third-order valence-electron chi connectivity index (χ3n) is 3.37. The number of hydroxylamine groups is 2. The molecule has 1 aliphatic heterocycles. The summed E-state index contributed by atoms with van der Waals surface area (Å²) in [6.45, 7) is 0. The van der Waals surface area contributed by atoms with Crippen molar-refractivity contribution < 1.29 is 19.2 Å². The van der Waals surface area contributed by atoms with Gasteiger partial charge < -0.3 is 0 Å². The molecule has 2 aromatic rings. The fourth-order valence-electron chi connectivity index (χ4n) is 2.42. The Bertz CT molecular complexity index is 714. The SMILES string of the molecule is O=C1c2ccccc2C(c2ccccc2F)C(=O)N1O. The van der Waals surface area contributed by atoms with Gasteiger partial charge in [-0.1, -0.05) is 36.4 Å². The van der Waals surface area contributed by atoms with E-state index in [1.54, 1.807) is 24.3 Å². The molecule has 0 aromatic heterocycles. The zero-order chi connectivity index (χ0) is 14.3. The average Bonchev–Trinajstić information content (AvgIpc) is 2.47. The van der Waals surface area contributed by atoms with Crippen LogP contribution >= 0.6 is 0 Å². The fraction of sp³-hybridized carbons (Fsp3) is 0.0667. The lowest BCUT2D eigenvalue weighted by molar-refractivity contribution is -0.155. The van der Waals surface area contributed by atoms with Crippen LogP contribution < -0.4 is 0 Å². The monoisotopic (exact) mass is 271 g/mol. The molecule has 2 amide bonds. The van der Waals surface area contributed by atoms with E-state index in [2.05, 4.69) is 0 Å². The summed E-state index contributed by atoms with van der Waals surface area (Å²) in [5.74, 6) is -3.21. The molecule has 0 bridgehead atoms. The first-order chi connectivity index (χ1) is 9.61. The number of rotatable bonds is 1. The molecular formula is C15H10FNO3. The molecule has 5 heteroatoms. The summed E-state index contributed by atoms with van der Waals surface area (Å²) < 4.78 is 13.9. The molecule has 1 atom stereocenters. The molecular weight excluding hydrogens is 261 g/mol. The Morgan fingerprint density at radius 3 is 2.25 bits per heavy atom. The van der Waals surface area contributed by atoms with Crippen LogP contribution in [0.15, 0.2) is 48.5 Å². The lowest BCUT2D eigenvalue weighted by Crippen LogP contribution is -2.43. The second-order valence-corrected chi connectivity index (χ2v) is 4.50. The van der Waals surface area contributed by atoms with E-state index >= 15 is 0 Å². The van der Waals surface area contributed by atoms with Gasteiger partial charge in [-0.3, -0.25) is 14.8 Å². The minimum Gasteiger partial charge on any atom is -0.278 e. The highest BCUT2D eigenvalue weighted by molar-refractivity contribution is 6.11. The zero-order valence-electron chi connectivity index (χ0n) is 10.3. The molecule has 20 heavy (non-hydrogen) atoms. The van der Waals surface area contributed by atoms with Gasteiger partial charge in [0.15, 0.2) is 0 Å². The number of fused-ring (bicyclic) bond motifs is 1. The van der Waals surface area contributed by atoms with Crippen LogP contribution in [0.1, 0.15) is 27.4 Å². The Labute approximate surface area is 114 Å². The molecule has 1 unspecified atom stereocenters. The highest BCUT2D eigenvalue weighted by Crippen LogP contribution is 2.34. The second-order valence-electron chi connectivity index (χ2n) is 4.50. The Morgan fingerprint density at radius 1 is 0.950 bits per heavy atom. The molecule has 4 nitrogen and oxygen atoms in total. The number of carbonyl (C=O) groups is 2. The lowest BCUT2D eigenvalue weighted by atomic mass is 9.84. The van der Waals surface area contributed by atoms with Gasteiger partial charge >= 0.3 is 0 Å². The van der Waals surface area contributed by atoms with Gasteiger partial charge in [0.25, 0.3) is 11.8 Å². The topological polar surface area (TPSA) is 57.6 Å². The van der Waals surface area contributed by atoms with Crippen molar-refractivity contribution >= 4 is 11.8 Å². The minimum absolute atomic E-state index is 0.0550. The van der Waals surface area contributed by atoms with Crippen LogP contribution in [-0.2, 0) is 4.79 Å². The lowest BCUT2D eigenvalue weighted by Gasteiger charge is -2.28. The summed E-state index contributed by atoms with van der Waals surface area (Å²) in [5, 5.41) is 9.68. The fourth-order valence-corrected chi connectivity index (χ4v) is 2.42. The molecule has 3 rings (SSSR count). The van der Waals surface area contributed by atoms with Gasteiger partial charge in [-0.15, -0.1) is 0 Å². The first kappa shape index (κ1) is 12.5. The van der Waals surface area contributed by atoms with Crippen molar-refractivity contribution in [3.63, 3.8) is 0 Å². The van der Waals surface area contributed by atoms with Crippen molar-refractivity contribution in [3.05, 3.63) is 71.0 Å². The molecule has 1 heterocycles. The molecule has 0 aliphatic carbocycles. The van der Waals surface area contributed by atoms with Crippen LogP contribution in [0.2, 0.25) is 0 Å². The largest absolute Gasteiger partial charge is 0.284 e. The van der Waals surface area contributed by atoms with Crippen molar-refractivity contribution in [2.24, 2.45) is 0 Å². The maximum absolute atomic E-state index is 13.9. The van der Waals surface area contributed by atoms with Crippen molar-refractivity contribution in [1.82, 2.24) is 5.06 Å². The summed E-state index contributed by atoms with van der Waals surface area (Å²) in [4.78, 5) is 24.0. The van der Waals surface area contributed by atoms with E-state index < -0.39 is 23.5 Å². The van der Waals surface area contributed by atoms with Crippen molar-refractivity contribution in [2.45, 2.75) is 5.92 Å². The van der Waals surface area contributed by atoms with Crippen molar-refractivity contribution in [1.29, 1.82) is 0 Å². The van der Waals surface area contributed by atoms with Crippen LogP contribution in [0.5, 0.6) is 0 Å². The number of halogens is 1. The van der Waals surface area contributed by atoms with Crippen molar-refractivity contribution in [3.8, 4) is 0 Å². The first-order valence-electron chi connectivity index (χ1n) is 6.02. The van der Waals surface area contributed by atoms with Crippen molar-refractivity contribution in [2.75, 3.05) is 0 Å². The quantitative estimate of drug-likeness (QED) is 0.639. The van der Waals surface area contributed by atoms with Gasteiger partial charge in [0.1, 0.15) is 5.82 Å². The standard InChI is InChI=1S/C15H10FNO3/c16-12-8-4-3-7-11(12)13-9-5-1-2-6-10(9)14(18)17(20)15(13)19/h1-8,13,20H. The van der Waals surface area contributed by atoms with E-state index in [0.717, 1.165) is 0 Å². The highest BCUT2D eigenvalue weighted by atomic mass is 19.1. The van der Waals surface area contributed by atoms with Gasteiger partial charge in [0.05, 0.1) is 5.92 Å². The van der Waals surface area contributed by atoms with Crippen LogP contribution in [-0.4, -0.2) is 22.1 Å². The van der Waals surface area contributed by atoms with Crippen LogP contribution in [0.4, 0.5) is 4.39 Å². The number of hydrogen-bond donors (Lipinski definition) is 1. The molecule has 1 N–H and O–H groups in total. The number of hydrogen-bond acceptors (Lipinski definition) is 3.